The molecule has 3 nitrogen and oxygen atoms in total. The van der Waals surface area contributed by atoms with Crippen LogP contribution < -0.4 is 0 Å². The molecular weight excluding hydrogens is 313 g/mol. The molecule has 130 valence electrons. The molecule has 25 heavy (non-hydrogen) atoms. The molecule has 0 amide bonds. The van der Waals surface area contributed by atoms with Crippen LogP contribution in [0.5, 0.6) is 0 Å². The quantitative estimate of drug-likeness (QED) is 0.797. The van der Waals surface area contributed by atoms with E-state index >= 15 is 0 Å². The first kappa shape index (κ1) is 16.4. The molecule has 2 aromatic rings. The van der Waals surface area contributed by atoms with Gasteiger partial charge in [0.2, 0.25) is 5.95 Å². The molecule has 4 rings (SSSR count). The first-order valence-corrected chi connectivity index (χ1v) is 9.05. The molecular formula is C21H24FN3. The number of allylic oxidation sites excluding steroid dienone is 1. The van der Waals surface area contributed by atoms with Gasteiger partial charge in [-0.3, -0.25) is 0 Å². The zero-order chi connectivity index (χ0) is 17.2. The topological polar surface area (TPSA) is 19.4 Å². The molecule has 0 bridgehead atoms. The molecule has 1 saturated heterocycles. The largest absolute Gasteiger partial charge is 0.304 e. The third kappa shape index (κ3) is 3.51. The lowest BCUT2D eigenvalue weighted by Gasteiger charge is -2.32. The summed E-state index contributed by atoms with van der Waals surface area (Å²) in [6.45, 7) is 5.76. The third-order valence-electron chi connectivity index (χ3n) is 5.41. The summed E-state index contributed by atoms with van der Waals surface area (Å²) in [6, 6.07) is 9.80. The number of aromatic nitrogens is 1. The molecule has 4 heteroatoms. The summed E-state index contributed by atoms with van der Waals surface area (Å²) in [6.07, 6.45) is 5.92. The highest BCUT2D eigenvalue weighted by atomic mass is 19.1. The summed E-state index contributed by atoms with van der Waals surface area (Å²) in [4.78, 5) is 8.62. The van der Waals surface area contributed by atoms with Crippen molar-refractivity contribution in [2.24, 2.45) is 0 Å². The van der Waals surface area contributed by atoms with E-state index in [1.807, 2.05) is 6.07 Å². The summed E-state index contributed by atoms with van der Waals surface area (Å²) in [5.74, 6) is -0.420. The minimum Gasteiger partial charge on any atom is -0.304 e. The third-order valence-corrected chi connectivity index (χ3v) is 5.41. The molecule has 0 spiro atoms. The van der Waals surface area contributed by atoms with Crippen LogP contribution in [0.4, 0.5) is 4.39 Å². The summed E-state index contributed by atoms with van der Waals surface area (Å²) in [7, 11) is 2.19. The van der Waals surface area contributed by atoms with Gasteiger partial charge in [0.1, 0.15) is 0 Å². The number of rotatable bonds is 4. The highest BCUT2D eigenvalue weighted by Crippen LogP contribution is 2.36. The van der Waals surface area contributed by atoms with Crippen LogP contribution in [-0.4, -0.2) is 54.6 Å². The SMILES string of the molecule is CN1CCN(CCC2=CCc3c2cccc3-c2ccnc(F)c2)CC1. The van der Waals surface area contributed by atoms with Crippen molar-refractivity contribution >= 4 is 5.57 Å². The number of halogens is 1. The fourth-order valence-electron chi connectivity index (χ4n) is 3.87. The van der Waals surface area contributed by atoms with E-state index in [1.165, 1.54) is 22.8 Å². The number of hydrogen-bond donors (Lipinski definition) is 0. The second kappa shape index (κ2) is 7.06. The van der Waals surface area contributed by atoms with Gasteiger partial charge in [0.25, 0.3) is 0 Å². The van der Waals surface area contributed by atoms with Crippen LogP contribution in [0, 0.1) is 5.95 Å². The van der Waals surface area contributed by atoms with Crippen LogP contribution in [0.15, 0.2) is 42.6 Å². The van der Waals surface area contributed by atoms with E-state index in [0.29, 0.717) is 0 Å². The predicted octanol–water partition coefficient (Wildman–Crippen LogP) is 3.46. The van der Waals surface area contributed by atoms with Gasteiger partial charge in [-0.1, -0.05) is 24.3 Å². The fraction of sp³-hybridized carbons (Fsp3) is 0.381. The Morgan fingerprint density at radius 1 is 1.08 bits per heavy atom. The van der Waals surface area contributed by atoms with E-state index in [4.69, 9.17) is 0 Å². The molecule has 0 N–H and O–H groups in total. The highest BCUT2D eigenvalue weighted by Gasteiger charge is 2.20. The Morgan fingerprint density at radius 2 is 1.88 bits per heavy atom. The van der Waals surface area contributed by atoms with Crippen LogP contribution >= 0.6 is 0 Å². The van der Waals surface area contributed by atoms with E-state index in [2.05, 4.69) is 46.1 Å². The molecule has 0 unspecified atom stereocenters. The van der Waals surface area contributed by atoms with Gasteiger partial charge in [0.05, 0.1) is 0 Å². The summed E-state index contributed by atoms with van der Waals surface area (Å²) >= 11 is 0. The minimum absolute atomic E-state index is 0.420. The van der Waals surface area contributed by atoms with Gasteiger partial charge < -0.3 is 9.80 Å². The number of likely N-dealkylation sites (N-methyl/N-ethyl adjacent to an activating group) is 1. The lowest BCUT2D eigenvalue weighted by atomic mass is 9.95. The average molecular weight is 337 g/mol. The number of benzene rings is 1. The van der Waals surface area contributed by atoms with Crippen molar-refractivity contribution in [2.75, 3.05) is 39.8 Å². The fourth-order valence-corrected chi connectivity index (χ4v) is 3.87. The van der Waals surface area contributed by atoms with Gasteiger partial charge in [-0.15, -0.1) is 0 Å². The van der Waals surface area contributed by atoms with Crippen molar-refractivity contribution in [3.8, 4) is 11.1 Å². The molecule has 2 heterocycles. The monoisotopic (exact) mass is 337 g/mol. The van der Waals surface area contributed by atoms with Crippen molar-refractivity contribution in [3.05, 3.63) is 59.7 Å². The van der Waals surface area contributed by atoms with Crippen molar-refractivity contribution in [3.63, 3.8) is 0 Å². The Labute approximate surface area is 148 Å². The van der Waals surface area contributed by atoms with Crippen molar-refractivity contribution < 1.29 is 4.39 Å². The van der Waals surface area contributed by atoms with Gasteiger partial charge >= 0.3 is 0 Å². The van der Waals surface area contributed by atoms with E-state index in [9.17, 15) is 4.39 Å². The second-order valence-corrected chi connectivity index (χ2v) is 7.03. The smallest absolute Gasteiger partial charge is 0.213 e. The number of hydrogen-bond acceptors (Lipinski definition) is 3. The number of fused-ring (bicyclic) bond motifs is 1. The Hall–Kier alpha value is -2.04. The first-order valence-electron chi connectivity index (χ1n) is 9.05. The first-order chi connectivity index (χ1) is 12.2. The van der Waals surface area contributed by atoms with E-state index < -0.39 is 5.95 Å². The molecule has 1 aliphatic carbocycles. The van der Waals surface area contributed by atoms with Gasteiger partial charge in [0, 0.05) is 45.0 Å². The van der Waals surface area contributed by atoms with Gasteiger partial charge in [0.15, 0.2) is 0 Å². The zero-order valence-corrected chi connectivity index (χ0v) is 14.7. The lowest BCUT2D eigenvalue weighted by Crippen LogP contribution is -2.44. The van der Waals surface area contributed by atoms with Crippen LogP contribution in [0.2, 0.25) is 0 Å². The standard InChI is InChI=1S/C21H24FN3/c1-24-11-13-25(14-12-24)10-8-16-5-6-20-18(16)3-2-4-19(20)17-7-9-23-21(22)15-17/h2-5,7,9,15H,6,8,10-14H2,1H3. The van der Waals surface area contributed by atoms with Gasteiger partial charge in [-0.25, -0.2) is 4.98 Å². The van der Waals surface area contributed by atoms with E-state index in [0.717, 1.165) is 56.7 Å². The van der Waals surface area contributed by atoms with Gasteiger partial charge in [-0.05, 0) is 53.8 Å². The normalized spacial score (nSPS) is 18.2. The Morgan fingerprint density at radius 3 is 2.68 bits per heavy atom. The van der Waals surface area contributed by atoms with Crippen molar-refractivity contribution in [1.29, 1.82) is 0 Å². The zero-order valence-electron chi connectivity index (χ0n) is 14.7. The van der Waals surface area contributed by atoms with Crippen molar-refractivity contribution in [2.45, 2.75) is 12.8 Å². The molecule has 1 aliphatic heterocycles. The van der Waals surface area contributed by atoms with Crippen LogP contribution in [0.3, 0.4) is 0 Å². The predicted molar refractivity (Wildman–Crippen MR) is 99.9 cm³/mol. The van der Waals surface area contributed by atoms with E-state index in [-0.39, 0.29) is 0 Å². The van der Waals surface area contributed by atoms with Crippen LogP contribution in [0.25, 0.3) is 16.7 Å². The molecule has 2 aliphatic rings. The summed E-state index contributed by atoms with van der Waals surface area (Å²) in [5, 5.41) is 0. The molecule has 0 saturated carbocycles. The number of nitrogens with zero attached hydrogens (tertiary/aromatic N) is 3. The highest BCUT2D eigenvalue weighted by molar-refractivity contribution is 5.81. The maximum atomic E-state index is 13.5. The molecule has 1 aromatic carbocycles. The molecule has 1 fully saturated rings. The molecule has 0 radical (unpaired) electrons. The van der Waals surface area contributed by atoms with Crippen LogP contribution in [-0.2, 0) is 6.42 Å². The average Bonchev–Trinajstić information content (AvgIpc) is 3.04. The second-order valence-electron chi connectivity index (χ2n) is 7.03. The van der Waals surface area contributed by atoms with Gasteiger partial charge in [-0.2, -0.15) is 4.39 Å². The molecule has 0 atom stereocenters. The maximum absolute atomic E-state index is 13.5. The summed E-state index contributed by atoms with van der Waals surface area (Å²) < 4.78 is 13.5. The van der Waals surface area contributed by atoms with Crippen LogP contribution in [0.1, 0.15) is 17.5 Å². The lowest BCUT2D eigenvalue weighted by molar-refractivity contribution is 0.157. The van der Waals surface area contributed by atoms with E-state index in [1.54, 1.807) is 6.20 Å². The number of pyridine rings is 1. The molecule has 1 aromatic heterocycles. The Bertz CT molecular complexity index is 791. The summed E-state index contributed by atoms with van der Waals surface area (Å²) in [5.41, 5.74) is 6.14. The maximum Gasteiger partial charge on any atom is 0.213 e. The minimum atomic E-state index is -0.420. The van der Waals surface area contributed by atoms with Crippen molar-refractivity contribution in [1.82, 2.24) is 14.8 Å². The Balaban J connectivity index is 1.50. The number of piperazine rings is 1. The Kier molecular flexibility index (Phi) is 4.64.